The molecule has 0 aliphatic rings. The van der Waals surface area contributed by atoms with Gasteiger partial charge in [-0.3, -0.25) is 9.48 Å². The van der Waals surface area contributed by atoms with Crippen LogP contribution in [0, 0.1) is 0 Å². The molecule has 1 amide bonds. The second kappa shape index (κ2) is 4.55. The highest BCUT2D eigenvalue weighted by molar-refractivity contribution is 5.80. The van der Waals surface area contributed by atoms with Gasteiger partial charge in [-0.15, -0.1) is 0 Å². The Bertz CT molecular complexity index is 370. The number of carbonyl (C=O) groups excluding carboxylic acids is 1. The topological polar surface area (TPSA) is 72.9 Å². The van der Waals surface area contributed by atoms with E-state index in [2.05, 4.69) is 10.4 Å². The summed E-state index contributed by atoms with van der Waals surface area (Å²) in [6.45, 7) is 7.83. The van der Waals surface area contributed by atoms with Crippen molar-refractivity contribution in [2.24, 2.45) is 0 Å². The Morgan fingerprint density at radius 1 is 1.69 bits per heavy atom. The number of anilines is 1. The van der Waals surface area contributed by atoms with E-state index in [0.29, 0.717) is 5.82 Å². The van der Waals surface area contributed by atoms with E-state index in [1.807, 2.05) is 20.8 Å². The Balaban J connectivity index is 2.68. The maximum absolute atomic E-state index is 11.9. The minimum atomic E-state index is -0.344. The molecular weight excluding hydrogens is 204 g/mol. The van der Waals surface area contributed by atoms with E-state index in [-0.39, 0.29) is 17.5 Å². The van der Waals surface area contributed by atoms with Gasteiger partial charge in [0.1, 0.15) is 11.9 Å². The highest BCUT2D eigenvalue weighted by Gasteiger charge is 2.22. The van der Waals surface area contributed by atoms with Crippen molar-refractivity contribution in [3.63, 3.8) is 0 Å². The summed E-state index contributed by atoms with van der Waals surface area (Å²) in [6, 6.07) is 1.33. The predicted octanol–water partition coefficient (Wildman–Crippen LogP) is 1.33. The molecule has 0 aliphatic heterocycles. The third-order valence-corrected chi connectivity index (χ3v) is 2.75. The van der Waals surface area contributed by atoms with Crippen LogP contribution in [0.2, 0.25) is 0 Å². The summed E-state index contributed by atoms with van der Waals surface area (Å²) in [5.74, 6) is 0.379. The van der Waals surface area contributed by atoms with Crippen molar-refractivity contribution in [3.8, 4) is 0 Å². The lowest BCUT2D eigenvalue weighted by atomic mass is 10.0. The van der Waals surface area contributed by atoms with Crippen molar-refractivity contribution in [3.05, 3.63) is 12.3 Å². The Labute approximate surface area is 96.0 Å². The van der Waals surface area contributed by atoms with Gasteiger partial charge in [-0.25, -0.2) is 0 Å². The molecule has 90 valence electrons. The minimum absolute atomic E-state index is 0.0463. The number of nitrogen functional groups attached to an aromatic ring is 1. The van der Waals surface area contributed by atoms with Crippen LogP contribution in [0.25, 0.3) is 0 Å². The van der Waals surface area contributed by atoms with Gasteiger partial charge in [0.15, 0.2) is 0 Å². The lowest BCUT2D eigenvalue weighted by Crippen LogP contribution is -2.45. The molecule has 1 aromatic heterocycles. The first-order chi connectivity index (χ1) is 7.35. The first-order valence-electron chi connectivity index (χ1n) is 5.48. The van der Waals surface area contributed by atoms with Gasteiger partial charge in [-0.2, -0.15) is 5.10 Å². The lowest BCUT2D eigenvalue weighted by molar-refractivity contribution is -0.125. The first-order valence-corrected chi connectivity index (χ1v) is 5.48. The number of nitrogens with one attached hydrogen (secondary N) is 1. The van der Waals surface area contributed by atoms with Crippen LogP contribution >= 0.6 is 0 Å². The molecule has 0 radical (unpaired) electrons. The van der Waals surface area contributed by atoms with Crippen molar-refractivity contribution in [2.45, 2.75) is 45.7 Å². The van der Waals surface area contributed by atoms with Crippen LogP contribution in [0.15, 0.2) is 12.3 Å². The summed E-state index contributed by atoms with van der Waals surface area (Å²) in [7, 11) is 0. The molecule has 0 saturated carbocycles. The average molecular weight is 224 g/mol. The zero-order chi connectivity index (χ0) is 12.3. The molecule has 1 aromatic rings. The summed E-state index contributed by atoms with van der Waals surface area (Å²) in [5.41, 5.74) is 5.32. The van der Waals surface area contributed by atoms with Gasteiger partial charge >= 0.3 is 0 Å². The van der Waals surface area contributed by atoms with Gasteiger partial charge in [0.2, 0.25) is 5.91 Å². The number of nitrogens with two attached hydrogens (primary N) is 1. The second-order valence-corrected chi connectivity index (χ2v) is 4.62. The number of nitrogens with zero attached hydrogens (tertiary/aromatic N) is 2. The molecule has 5 nitrogen and oxygen atoms in total. The molecule has 3 N–H and O–H groups in total. The Kier molecular flexibility index (Phi) is 3.57. The zero-order valence-electron chi connectivity index (χ0n) is 10.3. The van der Waals surface area contributed by atoms with Crippen molar-refractivity contribution < 1.29 is 4.79 Å². The summed E-state index contributed by atoms with van der Waals surface area (Å²) in [4.78, 5) is 11.9. The molecule has 1 heterocycles. The van der Waals surface area contributed by atoms with E-state index in [0.717, 1.165) is 6.42 Å². The van der Waals surface area contributed by atoms with Crippen LogP contribution in [0.1, 0.15) is 40.2 Å². The van der Waals surface area contributed by atoms with Crippen LogP contribution in [-0.4, -0.2) is 21.2 Å². The van der Waals surface area contributed by atoms with E-state index in [4.69, 9.17) is 5.73 Å². The molecular formula is C11H20N4O. The molecule has 0 bridgehead atoms. The summed E-state index contributed by atoms with van der Waals surface area (Å²) in [5, 5.41) is 6.99. The van der Waals surface area contributed by atoms with Crippen LogP contribution < -0.4 is 11.1 Å². The number of hydrogen-bond donors (Lipinski definition) is 2. The molecule has 0 aliphatic carbocycles. The molecule has 1 rings (SSSR count). The molecule has 0 aromatic carbocycles. The van der Waals surface area contributed by atoms with Crippen molar-refractivity contribution >= 4 is 11.7 Å². The quantitative estimate of drug-likeness (QED) is 0.810. The summed E-state index contributed by atoms with van der Waals surface area (Å²) >= 11 is 0. The van der Waals surface area contributed by atoms with Crippen LogP contribution in [0.5, 0.6) is 0 Å². The molecule has 1 unspecified atom stereocenters. The van der Waals surface area contributed by atoms with Gasteiger partial charge in [0.05, 0.1) is 0 Å². The molecule has 1 atom stereocenters. The Morgan fingerprint density at radius 2 is 2.31 bits per heavy atom. The fourth-order valence-electron chi connectivity index (χ4n) is 1.21. The van der Waals surface area contributed by atoms with Gasteiger partial charge in [-0.05, 0) is 33.3 Å². The van der Waals surface area contributed by atoms with E-state index < -0.39 is 0 Å². The number of aromatic nitrogens is 2. The zero-order valence-corrected chi connectivity index (χ0v) is 10.3. The molecule has 0 spiro atoms. The number of carbonyl (C=O) groups is 1. The third kappa shape index (κ3) is 2.98. The number of amides is 1. The van der Waals surface area contributed by atoms with Crippen molar-refractivity contribution in [1.82, 2.24) is 15.1 Å². The second-order valence-electron chi connectivity index (χ2n) is 4.62. The van der Waals surface area contributed by atoms with Crippen molar-refractivity contribution in [2.75, 3.05) is 5.73 Å². The highest BCUT2D eigenvalue weighted by Crippen LogP contribution is 2.12. The largest absolute Gasteiger partial charge is 0.382 e. The van der Waals surface area contributed by atoms with Gasteiger partial charge in [0, 0.05) is 11.7 Å². The third-order valence-electron chi connectivity index (χ3n) is 2.75. The van der Waals surface area contributed by atoms with Crippen LogP contribution in [-0.2, 0) is 4.79 Å². The smallest absolute Gasteiger partial charge is 0.244 e. The highest BCUT2D eigenvalue weighted by atomic mass is 16.2. The maximum atomic E-state index is 11.9. The SMILES string of the molecule is CCC(C)(C)NC(=O)C(C)n1ccc(N)n1. The monoisotopic (exact) mass is 224 g/mol. The minimum Gasteiger partial charge on any atom is -0.382 e. The Hall–Kier alpha value is -1.52. The van der Waals surface area contributed by atoms with Crippen LogP contribution in [0.4, 0.5) is 5.82 Å². The van der Waals surface area contributed by atoms with E-state index >= 15 is 0 Å². The molecule has 16 heavy (non-hydrogen) atoms. The van der Waals surface area contributed by atoms with E-state index in [9.17, 15) is 4.79 Å². The molecule has 0 saturated heterocycles. The lowest BCUT2D eigenvalue weighted by Gasteiger charge is -2.26. The maximum Gasteiger partial charge on any atom is 0.244 e. The van der Waals surface area contributed by atoms with Gasteiger partial charge < -0.3 is 11.1 Å². The molecule has 5 heteroatoms. The molecule has 0 fully saturated rings. The van der Waals surface area contributed by atoms with E-state index in [1.165, 1.54) is 0 Å². The predicted molar refractivity (Wildman–Crippen MR) is 63.9 cm³/mol. The standard InChI is InChI=1S/C11H20N4O/c1-5-11(3,4)13-10(16)8(2)15-7-6-9(12)14-15/h6-8H,5H2,1-4H3,(H2,12,14)(H,13,16). The summed E-state index contributed by atoms with van der Waals surface area (Å²) in [6.07, 6.45) is 2.59. The first kappa shape index (κ1) is 12.5. The van der Waals surface area contributed by atoms with Gasteiger partial charge in [-0.1, -0.05) is 6.92 Å². The van der Waals surface area contributed by atoms with Crippen LogP contribution in [0.3, 0.4) is 0 Å². The van der Waals surface area contributed by atoms with Gasteiger partial charge in [0.25, 0.3) is 0 Å². The number of rotatable bonds is 4. The Morgan fingerprint density at radius 3 is 2.75 bits per heavy atom. The number of hydrogen-bond acceptors (Lipinski definition) is 3. The summed E-state index contributed by atoms with van der Waals surface area (Å²) < 4.78 is 1.57. The fourth-order valence-corrected chi connectivity index (χ4v) is 1.21. The van der Waals surface area contributed by atoms with Crippen molar-refractivity contribution in [1.29, 1.82) is 0 Å². The average Bonchev–Trinajstić information content (AvgIpc) is 2.63. The van der Waals surface area contributed by atoms with E-state index in [1.54, 1.807) is 23.9 Å². The fraction of sp³-hybridized carbons (Fsp3) is 0.636. The normalized spacial score (nSPS) is 13.5.